The van der Waals surface area contributed by atoms with Crippen molar-refractivity contribution >= 4 is 29.8 Å². The van der Waals surface area contributed by atoms with Crippen molar-refractivity contribution in [3.05, 3.63) is 59.2 Å². The van der Waals surface area contributed by atoms with E-state index in [0.717, 1.165) is 4.90 Å². The molecule has 4 N–H and O–H groups in total. The Balaban J connectivity index is 0.0000617. The third-order valence-corrected chi connectivity index (χ3v) is 17.3. The van der Waals surface area contributed by atoms with Crippen LogP contribution in [0.2, 0.25) is 0 Å². The van der Waals surface area contributed by atoms with Gasteiger partial charge in [0.05, 0.1) is 265 Å². The fourth-order valence-electron chi connectivity index (χ4n) is 11.4. The van der Waals surface area contributed by atoms with E-state index >= 15 is 0 Å². The molecule has 0 fully saturated rings. The molecule has 777 valence electrons. The number of carboxylic acid groups (broad SMARTS) is 4. The van der Waals surface area contributed by atoms with E-state index in [1.165, 1.54) is 9.80 Å². The van der Waals surface area contributed by atoms with E-state index in [2.05, 4.69) is 0 Å². The molecule has 0 aliphatic heterocycles. The van der Waals surface area contributed by atoms with Crippen LogP contribution in [-0.2, 0) is 151 Å². The first kappa shape index (κ1) is 124. The van der Waals surface area contributed by atoms with E-state index in [4.69, 9.17) is 128 Å². The summed E-state index contributed by atoms with van der Waals surface area (Å²) in [5.74, 6) is -4.05. The molecule has 3 aromatic carbocycles. The quantitative estimate of drug-likeness (QED) is 0.0232. The number of ether oxygens (including phenoxy) is 27. The van der Waals surface area contributed by atoms with Gasteiger partial charge in [0.25, 0.3) is 0 Å². The van der Waals surface area contributed by atoms with Crippen LogP contribution in [0.3, 0.4) is 0 Å². The molecule has 0 spiro atoms. The maximum atomic E-state index is 14.1. The van der Waals surface area contributed by atoms with Crippen LogP contribution in [0.25, 0.3) is 0 Å². The number of carbonyl (C=O) groups is 5. The Kier molecular flexibility index (Phi) is 65.8. The maximum Gasteiger partial charge on any atom is 2.00 e. The average Bonchev–Trinajstić information content (AvgIpc) is 0.818. The van der Waals surface area contributed by atoms with Gasteiger partial charge in [0.15, 0.2) is 23.0 Å². The van der Waals surface area contributed by atoms with Gasteiger partial charge in [-0.3, -0.25) is 38.7 Å². The van der Waals surface area contributed by atoms with Gasteiger partial charge in [-0.2, -0.15) is 0 Å². The van der Waals surface area contributed by atoms with Crippen LogP contribution in [0.1, 0.15) is 141 Å². The Morgan fingerprint density at radius 1 is 0.230 bits per heavy atom. The summed E-state index contributed by atoms with van der Waals surface area (Å²) in [6.07, 6.45) is 0. The molecule has 40 heteroatoms. The number of esters is 1. The Hall–Kier alpha value is -6.91. The van der Waals surface area contributed by atoms with Crippen LogP contribution >= 0.6 is 0 Å². The standard InChI is InChI=1S/C95H161N3O36.Mn/c1-90(2,3)129-53-41-114-29-23-108-35-47-120-79-61-75(62-80(121-48-36-109-24-30-115-42-54-130-91(4,5)6)88(79)124-51-39-112-27-33-118-45-57-133-94(13,14)15)71-126-77-59-74(73-128-87(107)70-98(69-86(105)106)22-20-96(66-83(99)100)19-21-97(67-84(101)102)68-85(103)104)60-78(65-77)127-72-76-63-81(122-49-37-110-25-31-116-43-55-131-92(7,8)9)89(125-52-40-113-28-34-119-46-58-134-95(16,17)18)82(64-76)123-50-38-111-26-32-117-44-56-132-93(10,11)12;/h59-65H,19-58,66-73H2,1-18H3,(H,99,100)(H,101,102)(H,103,104)(H,105,106);/q;+2. The topological polar surface area (TPSA) is 425 Å². The van der Waals surface area contributed by atoms with E-state index in [-0.39, 0.29) is 255 Å². The Morgan fingerprint density at radius 2 is 0.422 bits per heavy atom. The second-order valence-corrected chi connectivity index (χ2v) is 36.4. The summed E-state index contributed by atoms with van der Waals surface area (Å²) in [5, 5.41) is 38.8. The molecule has 0 amide bonds. The van der Waals surface area contributed by atoms with Crippen molar-refractivity contribution < 1.29 is 189 Å². The van der Waals surface area contributed by atoms with Gasteiger partial charge in [-0.15, -0.1) is 0 Å². The van der Waals surface area contributed by atoms with Crippen molar-refractivity contribution in [2.75, 3.05) is 297 Å². The zero-order valence-corrected chi connectivity index (χ0v) is 84.7. The molecule has 0 unspecified atom stereocenters. The molecule has 0 aromatic heterocycles. The van der Waals surface area contributed by atoms with Gasteiger partial charge in [-0.05, 0) is 178 Å². The molecule has 3 rings (SSSR count). The normalized spacial score (nSPS) is 12.2. The van der Waals surface area contributed by atoms with E-state index < -0.39 is 69.2 Å². The second kappa shape index (κ2) is 71.5. The molecule has 0 saturated carbocycles. The van der Waals surface area contributed by atoms with Crippen molar-refractivity contribution in [1.82, 2.24) is 14.7 Å². The molecule has 0 aliphatic carbocycles. The summed E-state index contributed by atoms with van der Waals surface area (Å²) in [7, 11) is 0. The fourth-order valence-corrected chi connectivity index (χ4v) is 11.4. The molecule has 0 saturated heterocycles. The van der Waals surface area contributed by atoms with E-state index in [9.17, 15) is 44.4 Å². The summed E-state index contributed by atoms with van der Waals surface area (Å²) < 4.78 is 163. The van der Waals surface area contributed by atoms with Crippen LogP contribution in [-0.4, -0.2) is 395 Å². The zero-order chi connectivity index (χ0) is 99.0. The summed E-state index contributed by atoms with van der Waals surface area (Å²) in [6, 6.07) is 11.9. The van der Waals surface area contributed by atoms with Crippen LogP contribution in [0, 0.1) is 0 Å². The van der Waals surface area contributed by atoms with Crippen LogP contribution in [0.5, 0.6) is 46.0 Å². The summed E-state index contributed by atoms with van der Waals surface area (Å²) >= 11 is 0. The third-order valence-electron chi connectivity index (χ3n) is 17.3. The molecular formula is C95H161MnN3O36+2. The monoisotopic (exact) mass is 1980 g/mol. The minimum absolute atomic E-state index is 0. The molecular weight excluding hydrogens is 1810 g/mol. The Bertz CT molecular complexity index is 3320. The minimum atomic E-state index is -1.31. The molecule has 135 heavy (non-hydrogen) atoms. The van der Waals surface area contributed by atoms with Gasteiger partial charge in [-0.25, -0.2) is 0 Å². The molecule has 0 aliphatic rings. The largest absolute Gasteiger partial charge is 2.00 e. The molecule has 0 bridgehead atoms. The van der Waals surface area contributed by atoms with Crippen LogP contribution in [0.4, 0.5) is 0 Å². The summed E-state index contributed by atoms with van der Waals surface area (Å²) in [6.45, 7) is 40.8. The first-order chi connectivity index (χ1) is 63.5. The molecule has 3 aromatic rings. The van der Waals surface area contributed by atoms with Crippen LogP contribution < -0.4 is 37.9 Å². The fraction of sp³-hybridized carbons (Fsp3) is 0.758. The first-order valence-electron chi connectivity index (χ1n) is 46.0. The molecule has 0 atom stereocenters. The maximum absolute atomic E-state index is 14.1. The number of hydrogen-bond acceptors (Lipinski definition) is 35. The van der Waals surface area contributed by atoms with Crippen molar-refractivity contribution in [2.45, 2.75) is 178 Å². The van der Waals surface area contributed by atoms with Crippen molar-refractivity contribution in [1.29, 1.82) is 0 Å². The molecule has 1 radical (unpaired) electrons. The van der Waals surface area contributed by atoms with Gasteiger partial charge in [0.1, 0.15) is 71.0 Å². The van der Waals surface area contributed by atoms with E-state index in [1.54, 1.807) is 42.5 Å². The summed E-state index contributed by atoms with van der Waals surface area (Å²) in [4.78, 5) is 65.4. The van der Waals surface area contributed by atoms with Crippen LogP contribution in [0.15, 0.2) is 42.5 Å². The molecule has 39 nitrogen and oxygen atoms in total. The summed E-state index contributed by atoms with van der Waals surface area (Å²) in [5.41, 5.74) is -0.458. The number of benzene rings is 3. The van der Waals surface area contributed by atoms with Crippen molar-refractivity contribution in [3.8, 4) is 46.0 Å². The van der Waals surface area contributed by atoms with Crippen molar-refractivity contribution in [3.63, 3.8) is 0 Å². The molecule has 0 heterocycles. The number of rotatable bonds is 84. The van der Waals surface area contributed by atoms with Gasteiger partial charge in [0.2, 0.25) is 11.5 Å². The van der Waals surface area contributed by atoms with Gasteiger partial charge >= 0.3 is 46.9 Å². The van der Waals surface area contributed by atoms with E-state index in [1.807, 2.05) is 125 Å². The number of hydrogen-bond donors (Lipinski definition) is 4. The Morgan fingerprint density at radius 3 is 0.652 bits per heavy atom. The average molecular weight is 1980 g/mol. The van der Waals surface area contributed by atoms with Gasteiger partial charge < -0.3 is 148 Å². The Labute approximate surface area is 810 Å². The predicted octanol–water partition coefficient (Wildman–Crippen LogP) is 9.49. The van der Waals surface area contributed by atoms with Gasteiger partial charge in [-0.1, -0.05) is 0 Å². The number of carboxylic acids is 4. The van der Waals surface area contributed by atoms with Crippen molar-refractivity contribution in [2.24, 2.45) is 0 Å². The first-order valence-corrected chi connectivity index (χ1v) is 46.0. The zero-order valence-electron chi connectivity index (χ0n) is 83.6. The third kappa shape index (κ3) is 72.1. The van der Waals surface area contributed by atoms with Gasteiger partial charge in [0, 0.05) is 32.2 Å². The predicted molar refractivity (Wildman–Crippen MR) is 495 cm³/mol. The number of nitrogens with zero attached hydrogens (tertiary/aromatic N) is 3. The SMILES string of the molecule is CC(C)(C)OCCOCCOCCOc1cc(COc2cc(COC(=O)CN(CCN(CCN(CC(=O)O)CC(=O)O)CC(=O)O)CC(=O)O)cc(OCc3cc(OCCOCCOCCOC(C)(C)C)c(OCCOCCOCCOC(C)(C)C)c(OCCOCCOCCOC(C)(C)C)c3)c2)cc(OCCOCCOCCOC(C)(C)C)c1OCCOCCOCCOC(C)(C)C.[Mn+2]. The second-order valence-electron chi connectivity index (χ2n) is 36.4. The van der Waals surface area contributed by atoms with E-state index in [0.29, 0.717) is 136 Å². The smallest absolute Gasteiger partial charge is 0.489 e. The number of aliphatic carboxylic acids is 4. The number of carbonyl (C=O) groups excluding carboxylic acids is 1. The minimum Gasteiger partial charge on any atom is -0.489 e.